The Morgan fingerprint density at radius 1 is 1.33 bits per heavy atom. The summed E-state index contributed by atoms with van der Waals surface area (Å²) in [5, 5.41) is 0. The minimum atomic E-state index is 0.329. The zero-order valence-corrected chi connectivity index (χ0v) is 9.09. The van der Waals surface area contributed by atoms with Gasteiger partial charge in [-0.2, -0.15) is 0 Å². The van der Waals surface area contributed by atoms with E-state index in [1.165, 1.54) is 0 Å². The fourth-order valence-corrected chi connectivity index (χ4v) is 2.46. The number of anilines is 1. The van der Waals surface area contributed by atoms with E-state index in [1.807, 2.05) is 29.2 Å². The van der Waals surface area contributed by atoms with Crippen LogP contribution in [0.3, 0.4) is 0 Å². The minimum absolute atomic E-state index is 0.329. The van der Waals surface area contributed by atoms with E-state index < -0.39 is 0 Å². The SMILES string of the molecule is C=C1Sc2ccccc2N(CC=O)C1=C. The summed E-state index contributed by atoms with van der Waals surface area (Å²) in [6, 6.07) is 7.95. The van der Waals surface area contributed by atoms with Gasteiger partial charge in [-0.25, -0.2) is 0 Å². The molecule has 0 aliphatic carbocycles. The van der Waals surface area contributed by atoms with E-state index in [0.29, 0.717) is 6.54 Å². The molecule has 0 amide bonds. The second-order valence-electron chi connectivity index (χ2n) is 3.22. The number of benzene rings is 1. The smallest absolute Gasteiger partial charge is 0.139 e. The molecule has 0 N–H and O–H groups in total. The van der Waals surface area contributed by atoms with Crippen molar-refractivity contribution < 1.29 is 4.79 Å². The van der Waals surface area contributed by atoms with E-state index in [9.17, 15) is 4.79 Å². The predicted molar refractivity (Wildman–Crippen MR) is 64.0 cm³/mol. The van der Waals surface area contributed by atoms with Crippen molar-refractivity contribution in [3.63, 3.8) is 0 Å². The number of carbonyl (C=O) groups excluding carboxylic acids is 1. The average Bonchev–Trinajstić information content (AvgIpc) is 2.25. The lowest BCUT2D eigenvalue weighted by Gasteiger charge is -2.32. The van der Waals surface area contributed by atoms with Crippen molar-refractivity contribution in [3.8, 4) is 0 Å². The van der Waals surface area contributed by atoms with Crippen molar-refractivity contribution in [3.05, 3.63) is 48.0 Å². The van der Waals surface area contributed by atoms with Crippen molar-refractivity contribution in [1.29, 1.82) is 0 Å². The third-order valence-electron chi connectivity index (χ3n) is 2.29. The van der Waals surface area contributed by atoms with Crippen LogP contribution in [-0.4, -0.2) is 12.8 Å². The maximum atomic E-state index is 10.6. The molecule has 3 heteroatoms. The molecule has 1 aromatic rings. The molecule has 0 atom stereocenters. The molecule has 0 aromatic heterocycles. The Balaban J connectivity index is 2.49. The molecule has 2 nitrogen and oxygen atoms in total. The molecule has 0 radical (unpaired) electrons. The van der Waals surface area contributed by atoms with E-state index in [1.54, 1.807) is 11.8 Å². The van der Waals surface area contributed by atoms with E-state index in [0.717, 1.165) is 27.5 Å². The quantitative estimate of drug-likeness (QED) is 0.710. The zero-order chi connectivity index (χ0) is 10.8. The average molecular weight is 217 g/mol. The molecule has 1 heterocycles. The molecule has 0 saturated heterocycles. The number of nitrogens with zero attached hydrogens (tertiary/aromatic N) is 1. The molecule has 76 valence electrons. The first-order valence-electron chi connectivity index (χ1n) is 4.60. The third-order valence-corrected chi connectivity index (χ3v) is 3.34. The summed E-state index contributed by atoms with van der Waals surface area (Å²) >= 11 is 1.60. The van der Waals surface area contributed by atoms with Crippen molar-refractivity contribution in [2.45, 2.75) is 4.90 Å². The maximum Gasteiger partial charge on any atom is 0.139 e. The van der Waals surface area contributed by atoms with Crippen LogP contribution < -0.4 is 4.90 Å². The molecule has 0 spiro atoms. The van der Waals surface area contributed by atoms with Gasteiger partial charge in [-0.3, -0.25) is 0 Å². The molecule has 2 rings (SSSR count). The van der Waals surface area contributed by atoms with Gasteiger partial charge < -0.3 is 9.69 Å². The number of hydrogen-bond donors (Lipinski definition) is 0. The van der Waals surface area contributed by atoms with Crippen LogP contribution in [0.4, 0.5) is 5.69 Å². The topological polar surface area (TPSA) is 20.3 Å². The Kier molecular flexibility index (Phi) is 2.64. The van der Waals surface area contributed by atoms with Crippen LogP contribution >= 0.6 is 11.8 Å². The summed E-state index contributed by atoms with van der Waals surface area (Å²) in [6.45, 7) is 8.20. The van der Waals surface area contributed by atoms with Crippen LogP contribution in [0.1, 0.15) is 0 Å². The maximum absolute atomic E-state index is 10.6. The van der Waals surface area contributed by atoms with Gasteiger partial charge in [0.15, 0.2) is 0 Å². The minimum Gasteiger partial charge on any atom is -0.333 e. The number of para-hydroxylation sites is 1. The van der Waals surface area contributed by atoms with Gasteiger partial charge in [-0.15, -0.1) is 0 Å². The molecule has 0 bridgehead atoms. The van der Waals surface area contributed by atoms with Crippen LogP contribution in [0.15, 0.2) is 52.9 Å². The molecule has 0 saturated carbocycles. The van der Waals surface area contributed by atoms with Gasteiger partial charge in [0, 0.05) is 15.5 Å². The Bertz CT molecular complexity index is 439. The first kappa shape index (κ1) is 10.1. The van der Waals surface area contributed by atoms with Crippen LogP contribution in [-0.2, 0) is 4.79 Å². The normalized spacial score (nSPS) is 15.1. The summed E-state index contributed by atoms with van der Waals surface area (Å²) in [7, 11) is 0. The number of hydrogen-bond acceptors (Lipinski definition) is 3. The van der Waals surface area contributed by atoms with Crippen LogP contribution in [0.25, 0.3) is 0 Å². The largest absolute Gasteiger partial charge is 0.333 e. The van der Waals surface area contributed by atoms with Crippen LogP contribution in [0, 0.1) is 0 Å². The van der Waals surface area contributed by atoms with Crippen molar-refractivity contribution in [2.75, 3.05) is 11.4 Å². The van der Waals surface area contributed by atoms with E-state index in [2.05, 4.69) is 13.2 Å². The summed E-state index contributed by atoms with van der Waals surface area (Å²) in [5.41, 5.74) is 1.85. The van der Waals surface area contributed by atoms with Gasteiger partial charge in [0.05, 0.1) is 12.2 Å². The molecule has 1 aliphatic heterocycles. The highest BCUT2D eigenvalue weighted by molar-refractivity contribution is 8.03. The predicted octanol–water partition coefficient (Wildman–Crippen LogP) is 2.83. The fourth-order valence-electron chi connectivity index (χ4n) is 1.54. The van der Waals surface area contributed by atoms with Crippen LogP contribution in [0.2, 0.25) is 0 Å². The zero-order valence-electron chi connectivity index (χ0n) is 8.27. The number of carbonyl (C=O) groups is 1. The Morgan fingerprint density at radius 2 is 2.07 bits per heavy atom. The highest BCUT2D eigenvalue weighted by atomic mass is 32.2. The van der Waals surface area contributed by atoms with Gasteiger partial charge in [0.1, 0.15) is 6.29 Å². The highest BCUT2D eigenvalue weighted by Crippen LogP contribution is 2.43. The van der Waals surface area contributed by atoms with Crippen LogP contribution in [0.5, 0.6) is 0 Å². The standard InChI is InChI=1S/C12H11NOS/c1-9-10(2)15-12-6-4-3-5-11(12)13(9)7-8-14/h3-6,8H,1-2,7H2. The molecule has 1 aliphatic rings. The summed E-state index contributed by atoms with van der Waals surface area (Å²) in [6.07, 6.45) is 0.880. The van der Waals surface area contributed by atoms with E-state index in [4.69, 9.17) is 0 Å². The molecule has 0 fully saturated rings. The monoisotopic (exact) mass is 217 g/mol. The highest BCUT2D eigenvalue weighted by Gasteiger charge is 2.22. The lowest BCUT2D eigenvalue weighted by Crippen LogP contribution is -2.27. The first-order chi connectivity index (χ1) is 7.24. The lowest BCUT2D eigenvalue weighted by molar-refractivity contribution is -0.106. The van der Waals surface area contributed by atoms with Gasteiger partial charge in [0.25, 0.3) is 0 Å². The van der Waals surface area contributed by atoms with Crippen molar-refractivity contribution in [2.24, 2.45) is 0 Å². The second kappa shape index (κ2) is 3.95. The molecular formula is C12H11NOS. The molecule has 1 aromatic carbocycles. The summed E-state index contributed by atoms with van der Waals surface area (Å²) in [5.74, 6) is 0. The van der Waals surface area contributed by atoms with Crippen molar-refractivity contribution in [1.82, 2.24) is 0 Å². The third kappa shape index (κ3) is 1.70. The van der Waals surface area contributed by atoms with Gasteiger partial charge in [-0.1, -0.05) is 37.1 Å². The molecule has 0 unspecified atom stereocenters. The van der Waals surface area contributed by atoms with Gasteiger partial charge >= 0.3 is 0 Å². The number of fused-ring (bicyclic) bond motifs is 1. The Labute approximate surface area is 93.3 Å². The number of aldehydes is 1. The number of rotatable bonds is 2. The van der Waals surface area contributed by atoms with Gasteiger partial charge in [0.2, 0.25) is 0 Å². The summed E-state index contributed by atoms with van der Waals surface area (Å²) in [4.78, 5) is 14.5. The fraction of sp³-hybridized carbons (Fsp3) is 0.0833. The second-order valence-corrected chi connectivity index (χ2v) is 4.35. The molecular weight excluding hydrogens is 206 g/mol. The van der Waals surface area contributed by atoms with E-state index in [-0.39, 0.29) is 0 Å². The Morgan fingerprint density at radius 3 is 2.80 bits per heavy atom. The van der Waals surface area contributed by atoms with Gasteiger partial charge in [-0.05, 0) is 12.1 Å². The lowest BCUT2D eigenvalue weighted by atomic mass is 10.2. The number of thioether (sulfide) groups is 1. The first-order valence-corrected chi connectivity index (χ1v) is 5.42. The van der Waals surface area contributed by atoms with E-state index >= 15 is 0 Å². The molecule has 15 heavy (non-hydrogen) atoms. The summed E-state index contributed by atoms with van der Waals surface area (Å²) < 4.78 is 0. The Hall–Kier alpha value is -1.48. The van der Waals surface area contributed by atoms with Crippen molar-refractivity contribution >= 4 is 23.7 Å².